The number of benzene rings is 1. The zero-order chi connectivity index (χ0) is 22.8. The number of nitrogens with one attached hydrogen (secondary N) is 1. The van der Waals surface area contributed by atoms with Crippen molar-refractivity contribution < 1.29 is 26.0 Å². The van der Waals surface area contributed by atoms with Crippen LogP contribution in [0.15, 0.2) is 36.5 Å². The summed E-state index contributed by atoms with van der Waals surface area (Å²) in [5, 5.41) is -0.276. The predicted molar refractivity (Wildman–Crippen MR) is 113 cm³/mol. The molecule has 3 rings (SSSR count). The van der Waals surface area contributed by atoms with Crippen LogP contribution >= 0.6 is 11.6 Å². The number of halogens is 2. The molecule has 1 aromatic heterocycles. The van der Waals surface area contributed by atoms with Crippen molar-refractivity contribution in [2.24, 2.45) is 5.84 Å². The fourth-order valence-electron chi connectivity index (χ4n) is 2.89. The first-order valence-corrected chi connectivity index (χ1v) is 12.5. The van der Waals surface area contributed by atoms with Crippen molar-refractivity contribution in [3.63, 3.8) is 0 Å². The largest absolute Gasteiger partial charge is 0.304 e. The number of nitrogen functional groups attached to an aromatic ring is 1. The molecule has 1 aromatic carbocycles. The summed E-state index contributed by atoms with van der Waals surface area (Å²) in [5.41, 5.74) is 2.49. The first kappa shape index (κ1) is 23.3. The molecule has 1 saturated heterocycles. The van der Waals surface area contributed by atoms with Gasteiger partial charge in [-0.25, -0.2) is 18.7 Å². The zero-order valence-corrected chi connectivity index (χ0v) is 18.4. The van der Waals surface area contributed by atoms with Crippen LogP contribution in [-0.2, 0) is 26.6 Å². The van der Waals surface area contributed by atoms with Crippen LogP contribution in [0.2, 0.25) is 5.02 Å². The van der Waals surface area contributed by atoms with Crippen LogP contribution in [0.1, 0.15) is 16.1 Å². The first-order valence-electron chi connectivity index (χ1n) is 8.92. The van der Waals surface area contributed by atoms with Crippen LogP contribution in [0.25, 0.3) is 0 Å². The molecule has 10 nitrogen and oxygen atoms in total. The predicted octanol–water partition coefficient (Wildman–Crippen LogP) is 0.459. The second kappa shape index (κ2) is 9.04. The Morgan fingerprint density at radius 3 is 2.48 bits per heavy atom. The first-order chi connectivity index (χ1) is 14.5. The molecule has 14 heteroatoms. The fraction of sp³-hybridized carbons (Fsp3) is 0.294. The summed E-state index contributed by atoms with van der Waals surface area (Å²) in [6, 6.07) is 6.29. The van der Waals surface area contributed by atoms with Crippen molar-refractivity contribution in [3.8, 4) is 0 Å². The number of nitrogens with zero attached hydrogens (tertiary/aromatic N) is 3. The molecule has 0 radical (unpaired) electrons. The quantitative estimate of drug-likeness (QED) is 0.339. The number of anilines is 1. The number of nitrogens with two attached hydrogens (primary N) is 1. The number of sulfone groups is 1. The summed E-state index contributed by atoms with van der Waals surface area (Å²) in [6.45, 7) is -0.684. The third kappa shape index (κ3) is 5.30. The third-order valence-electron chi connectivity index (χ3n) is 4.62. The molecule has 2 heterocycles. The average Bonchev–Trinajstić information content (AvgIpc) is 2.73. The van der Waals surface area contributed by atoms with Crippen molar-refractivity contribution in [1.82, 2.24) is 14.7 Å². The summed E-state index contributed by atoms with van der Waals surface area (Å²) >= 11 is 5.84. The second-order valence-corrected chi connectivity index (χ2v) is 11.2. The van der Waals surface area contributed by atoms with Gasteiger partial charge in [-0.05, 0) is 30.3 Å². The smallest absolute Gasteiger partial charge is 0.290 e. The van der Waals surface area contributed by atoms with Gasteiger partial charge < -0.3 is 0 Å². The van der Waals surface area contributed by atoms with E-state index in [0.717, 1.165) is 20.7 Å². The molecule has 1 aliphatic rings. The van der Waals surface area contributed by atoms with Crippen LogP contribution in [-0.4, -0.2) is 56.6 Å². The number of aromatic nitrogens is 1. The Morgan fingerprint density at radius 1 is 1.26 bits per heavy atom. The molecule has 0 spiro atoms. The third-order valence-corrected chi connectivity index (χ3v) is 8.44. The minimum atomic E-state index is -4.20. The van der Waals surface area contributed by atoms with Crippen LogP contribution in [0.3, 0.4) is 0 Å². The lowest BCUT2D eigenvalue weighted by molar-refractivity contribution is 0.0953. The number of hydrogen-bond donors (Lipinski definition) is 2. The Kier molecular flexibility index (Phi) is 6.81. The summed E-state index contributed by atoms with van der Waals surface area (Å²) in [6.07, 6.45) is 1.23. The maximum Gasteiger partial charge on any atom is 0.304 e. The van der Waals surface area contributed by atoms with Crippen molar-refractivity contribution in [2.45, 2.75) is 6.54 Å². The molecule has 0 bridgehead atoms. The lowest BCUT2D eigenvalue weighted by Crippen LogP contribution is -2.50. The monoisotopic (exact) mass is 491 g/mol. The van der Waals surface area contributed by atoms with Crippen molar-refractivity contribution in [1.29, 1.82) is 0 Å². The van der Waals surface area contributed by atoms with E-state index >= 15 is 0 Å². The highest BCUT2D eigenvalue weighted by Gasteiger charge is 2.35. The summed E-state index contributed by atoms with van der Waals surface area (Å²) < 4.78 is 65.7. The Labute approximate surface area is 183 Å². The van der Waals surface area contributed by atoms with Crippen LogP contribution in [0, 0.1) is 5.82 Å². The van der Waals surface area contributed by atoms with E-state index in [9.17, 15) is 26.0 Å². The number of pyridine rings is 1. The maximum absolute atomic E-state index is 13.6. The fourth-order valence-corrected chi connectivity index (χ4v) is 6.10. The highest BCUT2D eigenvalue weighted by Crippen LogP contribution is 2.28. The summed E-state index contributed by atoms with van der Waals surface area (Å²) in [5.74, 6) is 3.19. The van der Waals surface area contributed by atoms with E-state index in [4.69, 9.17) is 17.4 Å². The Balaban J connectivity index is 1.96. The lowest BCUT2D eigenvalue weighted by atomic mass is 10.2. The molecule has 3 N–H and O–H groups in total. The number of rotatable bonds is 6. The number of amides is 1. The molecule has 0 saturated carbocycles. The van der Waals surface area contributed by atoms with Crippen molar-refractivity contribution in [2.75, 3.05) is 28.9 Å². The van der Waals surface area contributed by atoms with Gasteiger partial charge >= 0.3 is 10.2 Å². The van der Waals surface area contributed by atoms with Gasteiger partial charge in [-0.1, -0.05) is 11.6 Å². The number of carbonyl (C=O) groups excluding carboxylic acids is 1. The van der Waals surface area contributed by atoms with Gasteiger partial charge in [0.25, 0.3) is 5.91 Å². The number of carbonyl (C=O) groups is 1. The Bertz CT molecular complexity index is 1180. The van der Waals surface area contributed by atoms with Gasteiger partial charge in [0.1, 0.15) is 5.82 Å². The number of hydrazine groups is 1. The molecule has 1 fully saturated rings. The van der Waals surface area contributed by atoms with Gasteiger partial charge in [-0.2, -0.15) is 12.7 Å². The SMILES string of the molecule is NNC(=O)c1ccc(CN(c2ccc(F)c(Cl)c2)S(=O)(=O)N2CCS(=O)(=O)CC2)nc1. The average molecular weight is 492 g/mol. The molecule has 31 heavy (non-hydrogen) atoms. The van der Waals surface area contributed by atoms with Crippen LogP contribution in [0.4, 0.5) is 10.1 Å². The van der Waals surface area contributed by atoms with Crippen LogP contribution in [0.5, 0.6) is 0 Å². The van der Waals surface area contributed by atoms with E-state index in [0.29, 0.717) is 0 Å². The van der Waals surface area contributed by atoms with Crippen molar-refractivity contribution >= 4 is 43.2 Å². The molecule has 1 aliphatic heterocycles. The highest BCUT2D eigenvalue weighted by molar-refractivity contribution is 7.92. The van der Waals surface area contributed by atoms with E-state index < -0.39 is 31.8 Å². The maximum atomic E-state index is 13.6. The second-order valence-electron chi connectivity index (χ2n) is 6.68. The normalized spacial score (nSPS) is 16.6. The van der Waals surface area contributed by atoms with Crippen LogP contribution < -0.4 is 15.6 Å². The minimum Gasteiger partial charge on any atom is -0.290 e. The van der Waals surface area contributed by atoms with Gasteiger partial charge in [0.05, 0.1) is 40.0 Å². The summed E-state index contributed by atoms with van der Waals surface area (Å²) in [7, 11) is -7.51. The highest BCUT2D eigenvalue weighted by atomic mass is 35.5. The molecule has 0 unspecified atom stereocenters. The van der Waals surface area contributed by atoms with Crippen molar-refractivity contribution in [3.05, 3.63) is 58.6 Å². The molecular weight excluding hydrogens is 473 g/mol. The summed E-state index contributed by atoms with van der Waals surface area (Å²) in [4.78, 5) is 15.7. The molecule has 2 aromatic rings. The van der Waals surface area contributed by atoms with Gasteiger partial charge in [-0.3, -0.25) is 19.5 Å². The van der Waals surface area contributed by atoms with E-state index in [1.807, 2.05) is 5.43 Å². The van der Waals surface area contributed by atoms with E-state index in [1.54, 1.807) is 0 Å². The topological polar surface area (TPSA) is 143 Å². The van der Waals surface area contributed by atoms with E-state index in [-0.39, 0.29) is 53.1 Å². The lowest BCUT2D eigenvalue weighted by Gasteiger charge is -2.33. The molecule has 0 atom stereocenters. The molecular formula is C17H19ClFN5O5S2. The zero-order valence-electron chi connectivity index (χ0n) is 16.0. The van der Waals surface area contributed by atoms with E-state index in [2.05, 4.69) is 4.98 Å². The molecule has 0 aliphatic carbocycles. The standard InChI is InChI=1S/C17H19ClFN5O5S2/c18-15-9-14(3-4-16(15)19)24(11-13-2-1-12(10-21-13)17(25)22-20)31(28,29)23-5-7-30(26,27)8-6-23/h1-4,9-10H,5-8,11,20H2,(H,22,25). The molecule has 1 amide bonds. The number of hydrogen-bond acceptors (Lipinski definition) is 7. The molecule has 168 valence electrons. The van der Waals surface area contributed by atoms with Gasteiger partial charge in [0, 0.05) is 19.3 Å². The Hall–Kier alpha value is -2.32. The van der Waals surface area contributed by atoms with Gasteiger partial charge in [-0.15, -0.1) is 0 Å². The van der Waals surface area contributed by atoms with Gasteiger partial charge in [0.15, 0.2) is 9.84 Å². The van der Waals surface area contributed by atoms with Gasteiger partial charge in [0.2, 0.25) is 0 Å². The van der Waals surface area contributed by atoms with E-state index in [1.165, 1.54) is 24.4 Å². The Morgan fingerprint density at radius 2 is 1.94 bits per heavy atom. The minimum absolute atomic E-state index is 0.0745.